The highest BCUT2D eigenvalue weighted by molar-refractivity contribution is 5.93. The first-order valence-corrected chi connectivity index (χ1v) is 8.72. The van der Waals surface area contributed by atoms with Crippen LogP contribution in [0.3, 0.4) is 0 Å². The number of piperidine rings is 1. The van der Waals surface area contributed by atoms with Crippen molar-refractivity contribution in [3.8, 4) is 11.1 Å². The Hall–Kier alpha value is -3.15. The molecule has 0 atom stereocenters. The van der Waals surface area contributed by atoms with E-state index < -0.39 is 0 Å². The Bertz CT molecular complexity index is 877. The van der Waals surface area contributed by atoms with Crippen LogP contribution in [0.4, 0.5) is 0 Å². The molecule has 1 fully saturated rings. The molecule has 0 N–H and O–H groups in total. The van der Waals surface area contributed by atoms with Gasteiger partial charge in [-0.1, -0.05) is 0 Å². The second-order valence-corrected chi connectivity index (χ2v) is 6.37. The summed E-state index contributed by atoms with van der Waals surface area (Å²) in [5.74, 6) is 0.368. The number of rotatable bonds is 3. The quantitative estimate of drug-likeness (QED) is 0.730. The van der Waals surface area contributed by atoms with Gasteiger partial charge >= 0.3 is 0 Å². The van der Waals surface area contributed by atoms with Crippen LogP contribution in [0.25, 0.3) is 11.1 Å². The van der Waals surface area contributed by atoms with Crippen molar-refractivity contribution >= 4 is 5.91 Å². The van der Waals surface area contributed by atoms with E-state index in [0.717, 1.165) is 42.8 Å². The molecule has 0 bridgehead atoms. The SMILES string of the molecule is O=C(c1cccnc1)N1CCC(c2ncncc2-c2ccncc2)CC1. The zero-order chi connectivity index (χ0) is 17.8. The molecule has 130 valence electrons. The van der Waals surface area contributed by atoms with E-state index in [1.54, 1.807) is 37.2 Å². The highest BCUT2D eigenvalue weighted by atomic mass is 16.2. The number of hydrogen-bond donors (Lipinski definition) is 0. The summed E-state index contributed by atoms with van der Waals surface area (Å²) in [6.07, 6.45) is 12.1. The van der Waals surface area contributed by atoms with Crippen molar-refractivity contribution in [3.63, 3.8) is 0 Å². The highest BCUT2D eigenvalue weighted by Gasteiger charge is 2.27. The molecular formula is C20H19N5O. The van der Waals surface area contributed by atoms with Crippen LogP contribution in [0.15, 0.2) is 61.6 Å². The summed E-state index contributed by atoms with van der Waals surface area (Å²) in [5.41, 5.74) is 3.82. The summed E-state index contributed by atoms with van der Waals surface area (Å²) >= 11 is 0. The molecule has 1 amide bonds. The molecule has 6 nitrogen and oxygen atoms in total. The topological polar surface area (TPSA) is 71.9 Å². The number of carbonyl (C=O) groups is 1. The molecular weight excluding hydrogens is 326 g/mol. The number of aromatic nitrogens is 4. The third kappa shape index (κ3) is 3.31. The largest absolute Gasteiger partial charge is 0.339 e. The molecule has 0 unspecified atom stereocenters. The molecule has 0 saturated carbocycles. The summed E-state index contributed by atoms with van der Waals surface area (Å²) in [4.78, 5) is 31.4. The van der Waals surface area contributed by atoms with Crippen molar-refractivity contribution in [2.45, 2.75) is 18.8 Å². The fourth-order valence-corrected chi connectivity index (χ4v) is 3.45. The van der Waals surface area contributed by atoms with E-state index in [1.165, 1.54) is 0 Å². The number of hydrogen-bond acceptors (Lipinski definition) is 5. The predicted molar refractivity (Wildman–Crippen MR) is 97.4 cm³/mol. The number of amides is 1. The van der Waals surface area contributed by atoms with Gasteiger partial charge in [-0.25, -0.2) is 9.97 Å². The van der Waals surface area contributed by atoms with Gasteiger partial charge in [0.05, 0.1) is 11.3 Å². The Labute approximate surface area is 152 Å². The van der Waals surface area contributed by atoms with Crippen LogP contribution in [-0.4, -0.2) is 43.8 Å². The minimum atomic E-state index is 0.0496. The summed E-state index contributed by atoms with van der Waals surface area (Å²) < 4.78 is 0. The van der Waals surface area contributed by atoms with Gasteiger partial charge in [-0.05, 0) is 42.7 Å². The number of carbonyl (C=O) groups excluding carboxylic acids is 1. The van der Waals surface area contributed by atoms with Crippen LogP contribution >= 0.6 is 0 Å². The molecule has 0 radical (unpaired) electrons. The second-order valence-electron chi connectivity index (χ2n) is 6.37. The lowest BCUT2D eigenvalue weighted by molar-refractivity contribution is 0.0712. The Morgan fingerprint density at radius 1 is 0.962 bits per heavy atom. The lowest BCUT2D eigenvalue weighted by atomic mass is 9.89. The zero-order valence-corrected chi connectivity index (χ0v) is 14.3. The normalized spacial score (nSPS) is 15.0. The van der Waals surface area contributed by atoms with Gasteiger partial charge in [0.1, 0.15) is 6.33 Å². The fraction of sp³-hybridized carbons (Fsp3) is 0.250. The average Bonchev–Trinajstić information content (AvgIpc) is 2.75. The summed E-state index contributed by atoms with van der Waals surface area (Å²) in [7, 11) is 0. The van der Waals surface area contributed by atoms with Crippen LogP contribution in [0.1, 0.15) is 34.8 Å². The second kappa shape index (κ2) is 7.39. The standard InChI is InChI=1S/C20H19N5O/c26-20(17-2-1-7-22-12-17)25-10-5-16(6-11-25)19-18(13-23-14-24-19)15-3-8-21-9-4-15/h1-4,7-9,12-14,16H,5-6,10-11H2. The molecule has 1 aliphatic rings. The van der Waals surface area contributed by atoms with Crippen molar-refractivity contribution in [2.75, 3.05) is 13.1 Å². The first-order chi connectivity index (χ1) is 12.8. The smallest absolute Gasteiger partial charge is 0.255 e. The Kier molecular flexibility index (Phi) is 4.64. The molecule has 0 aliphatic carbocycles. The summed E-state index contributed by atoms with van der Waals surface area (Å²) in [5, 5.41) is 0. The van der Waals surface area contributed by atoms with Gasteiger partial charge in [0.25, 0.3) is 5.91 Å². The molecule has 3 aromatic heterocycles. The van der Waals surface area contributed by atoms with Gasteiger partial charge in [0.2, 0.25) is 0 Å². The summed E-state index contributed by atoms with van der Waals surface area (Å²) in [6, 6.07) is 7.56. The van der Waals surface area contributed by atoms with E-state index in [-0.39, 0.29) is 5.91 Å². The van der Waals surface area contributed by atoms with E-state index in [1.807, 2.05) is 29.3 Å². The lowest BCUT2D eigenvalue weighted by Crippen LogP contribution is -2.38. The van der Waals surface area contributed by atoms with Crippen molar-refractivity contribution in [2.24, 2.45) is 0 Å². The third-order valence-electron chi connectivity index (χ3n) is 4.81. The maximum Gasteiger partial charge on any atom is 0.255 e. The first-order valence-electron chi connectivity index (χ1n) is 8.72. The van der Waals surface area contributed by atoms with Gasteiger partial charge in [-0.15, -0.1) is 0 Å². The predicted octanol–water partition coefficient (Wildman–Crippen LogP) is 2.95. The molecule has 26 heavy (non-hydrogen) atoms. The van der Waals surface area contributed by atoms with E-state index in [4.69, 9.17) is 0 Å². The van der Waals surface area contributed by atoms with Crippen molar-refractivity contribution < 1.29 is 4.79 Å². The molecule has 1 aliphatic heterocycles. The monoisotopic (exact) mass is 345 g/mol. The van der Waals surface area contributed by atoms with Crippen LogP contribution in [-0.2, 0) is 0 Å². The van der Waals surface area contributed by atoms with Gasteiger partial charge < -0.3 is 4.90 Å². The number of likely N-dealkylation sites (tertiary alicyclic amines) is 1. The third-order valence-corrected chi connectivity index (χ3v) is 4.81. The molecule has 1 saturated heterocycles. The van der Waals surface area contributed by atoms with Crippen molar-refractivity contribution in [3.05, 3.63) is 72.8 Å². The van der Waals surface area contributed by atoms with E-state index >= 15 is 0 Å². The minimum Gasteiger partial charge on any atom is -0.339 e. The Balaban J connectivity index is 1.50. The lowest BCUT2D eigenvalue weighted by Gasteiger charge is -2.32. The van der Waals surface area contributed by atoms with E-state index in [2.05, 4.69) is 19.9 Å². The zero-order valence-electron chi connectivity index (χ0n) is 14.3. The van der Waals surface area contributed by atoms with Crippen LogP contribution in [0, 0.1) is 0 Å². The van der Waals surface area contributed by atoms with Gasteiger partial charge in [-0.3, -0.25) is 14.8 Å². The average molecular weight is 345 g/mol. The molecule has 0 spiro atoms. The molecule has 3 aromatic rings. The van der Waals surface area contributed by atoms with Gasteiger partial charge in [-0.2, -0.15) is 0 Å². The Morgan fingerprint density at radius 2 is 1.77 bits per heavy atom. The fourth-order valence-electron chi connectivity index (χ4n) is 3.45. The molecule has 4 rings (SSSR count). The minimum absolute atomic E-state index is 0.0496. The van der Waals surface area contributed by atoms with Crippen molar-refractivity contribution in [1.29, 1.82) is 0 Å². The maximum absolute atomic E-state index is 12.6. The Morgan fingerprint density at radius 3 is 2.50 bits per heavy atom. The van der Waals surface area contributed by atoms with Crippen LogP contribution in [0.2, 0.25) is 0 Å². The first kappa shape index (κ1) is 16.3. The van der Waals surface area contributed by atoms with Gasteiger partial charge in [0, 0.05) is 55.6 Å². The number of nitrogens with zero attached hydrogens (tertiary/aromatic N) is 5. The number of pyridine rings is 2. The van der Waals surface area contributed by atoms with Gasteiger partial charge in [0.15, 0.2) is 0 Å². The van der Waals surface area contributed by atoms with Crippen LogP contribution < -0.4 is 0 Å². The van der Waals surface area contributed by atoms with E-state index in [0.29, 0.717) is 11.5 Å². The summed E-state index contributed by atoms with van der Waals surface area (Å²) in [6.45, 7) is 1.44. The van der Waals surface area contributed by atoms with Crippen LogP contribution in [0.5, 0.6) is 0 Å². The molecule has 6 heteroatoms. The van der Waals surface area contributed by atoms with E-state index in [9.17, 15) is 4.79 Å². The van der Waals surface area contributed by atoms with Crippen molar-refractivity contribution in [1.82, 2.24) is 24.8 Å². The molecule has 0 aromatic carbocycles. The molecule has 4 heterocycles. The maximum atomic E-state index is 12.6. The highest BCUT2D eigenvalue weighted by Crippen LogP contribution is 2.33.